The molecule has 0 saturated heterocycles. The normalized spacial score (nSPS) is 15.7. The molecule has 0 rings (SSSR count). The predicted octanol–water partition coefficient (Wildman–Crippen LogP) is 4.81. The van der Waals surface area contributed by atoms with E-state index in [9.17, 15) is 0 Å². The lowest BCUT2D eigenvalue weighted by Gasteiger charge is -2.30. The highest BCUT2D eigenvalue weighted by atomic mass is 16.5. The molecule has 0 aromatic rings. The molecule has 2 heteroatoms. The van der Waals surface area contributed by atoms with Crippen LogP contribution in [0.25, 0.3) is 0 Å². The van der Waals surface area contributed by atoms with Gasteiger partial charge in [-0.25, -0.2) is 0 Å². The molecule has 0 radical (unpaired) electrons. The first-order valence-electron chi connectivity index (χ1n) is 7.67. The first-order chi connectivity index (χ1) is 8.45. The van der Waals surface area contributed by atoms with Gasteiger partial charge in [-0.2, -0.15) is 0 Å². The Balaban J connectivity index is 3.93. The van der Waals surface area contributed by atoms with Crippen LogP contribution in [0.4, 0.5) is 0 Å². The summed E-state index contributed by atoms with van der Waals surface area (Å²) in [6.45, 7) is 15.9. The maximum absolute atomic E-state index is 5.93. The number of hydrogen-bond acceptors (Lipinski definition) is 2. The lowest BCUT2D eigenvalue weighted by Crippen LogP contribution is -2.31. The van der Waals surface area contributed by atoms with Crippen molar-refractivity contribution in [1.82, 2.24) is 0 Å². The molecule has 0 bridgehead atoms. The smallest absolute Gasteiger partial charge is 0.0673 e. The van der Waals surface area contributed by atoms with E-state index in [0.29, 0.717) is 5.41 Å². The van der Waals surface area contributed by atoms with E-state index in [4.69, 9.17) is 9.47 Å². The van der Waals surface area contributed by atoms with Gasteiger partial charge in [0.25, 0.3) is 0 Å². The highest BCUT2D eigenvalue weighted by Gasteiger charge is 2.24. The number of rotatable bonds is 11. The molecule has 0 amide bonds. The molecule has 0 aromatic carbocycles. The van der Waals surface area contributed by atoms with Gasteiger partial charge in [0, 0.05) is 13.2 Å². The molecule has 0 aliphatic carbocycles. The second-order valence-electron chi connectivity index (χ2n) is 5.97. The third kappa shape index (κ3) is 6.75. The van der Waals surface area contributed by atoms with Crippen LogP contribution in [0.1, 0.15) is 73.6 Å². The molecular weight excluding hydrogens is 224 g/mol. The minimum Gasteiger partial charge on any atom is -0.381 e. The van der Waals surface area contributed by atoms with Crippen LogP contribution < -0.4 is 0 Å². The Labute approximate surface area is 114 Å². The predicted molar refractivity (Wildman–Crippen MR) is 79.1 cm³/mol. The number of hydrogen-bond donors (Lipinski definition) is 0. The van der Waals surface area contributed by atoms with Crippen LogP contribution in [-0.4, -0.2) is 25.4 Å². The third-order valence-electron chi connectivity index (χ3n) is 4.34. The molecule has 1 unspecified atom stereocenters. The Morgan fingerprint density at radius 2 is 1.44 bits per heavy atom. The van der Waals surface area contributed by atoms with E-state index < -0.39 is 0 Å². The Kier molecular flexibility index (Phi) is 8.89. The van der Waals surface area contributed by atoms with Gasteiger partial charge in [-0.15, -0.1) is 0 Å². The van der Waals surface area contributed by atoms with E-state index >= 15 is 0 Å². The maximum atomic E-state index is 5.93. The average molecular weight is 258 g/mol. The minimum absolute atomic E-state index is 0.00909. The van der Waals surface area contributed by atoms with E-state index in [1.807, 2.05) is 0 Å². The largest absolute Gasteiger partial charge is 0.381 e. The number of ether oxygens (including phenoxy) is 2. The fourth-order valence-corrected chi connectivity index (χ4v) is 1.76. The van der Waals surface area contributed by atoms with Crippen LogP contribution in [0.3, 0.4) is 0 Å². The summed E-state index contributed by atoms with van der Waals surface area (Å²) in [5, 5.41) is 0. The molecule has 0 fully saturated rings. The van der Waals surface area contributed by atoms with Crippen LogP contribution in [0.5, 0.6) is 0 Å². The summed E-state index contributed by atoms with van der Waals surface area (Å²) in [4.78, 5) is 0. The van der Waals surface area contributed by atoms with Crippen molar-refractivity contribution in [3.05, 3.63) is 0 Å². The van der Waals surface area contributed by atoms with Crippen molar-refractivity contribution in [1.29, 1.82) is 0 Å². The van der Waals surface area contributed by atoms with Gasteiger partial charge in [0.1, 0.15) is 0 Å². The topological polar surface area (TPSA) is 18.5 Å². The van der Waals surface area contributed by atoms with E-state index in [2.05, 4.69) is 41.5 Å². The van der Waals surface area contributed by atoms with Gasteiger partial charge >= 0.3 is 0 Å². The van der Waals surface area contributed by atoms with Crippen molar-refractivity contribution in [2.45, 2.75) is 79.2 Å². The molecule has 0 N–H and O–H groups in total. The van der Waals surface area contributed by atoms with Crippen LogP contribution in [-0.2, 0) is 9.47 Å². The molecule has 0 heterocycles. The fourth-order valence-electron chi connectivity index (χ4n) is 1.76. The van der Waals surface area contributed by atoms with Gasteiger partial charge in [-0.05, 0) is 44.4 Å². The monoisotopic (exact) mass is 258 g/mol. The molecule has 1 atom stereocenters. The van der Waals surface area contributed by atoms with Crippen molar-refractivity contribution in [2.75, 3.05) is 19.8 Å². The minimum atomic E-state index is -0.00909. The van der Waals surface area contributed by atoms with E-state index in [1.54, 1.807) is 0 Å². The molecule has 0 aromatic heterocycles. The van der Waals surface area contributed by atoms with Gasteiger partial charge < -0.3 is 9.47 Å². The summed E-state index contributed by atoms with van der Waals surface area (Å²) in [6, 6.07) is 0. The third-order valence-corrected chi connectivity index (χ3v) is 4.34. The summed E-state index contributed by atoms with van der Waals surface area (Å²) < 4.78 is 11.8. The fraction of sp³-hybridized carbons (Fsp3) is 1.00. The highest BCUT2D eigenvalue weighted by molar-refractivity contribution is 4.74. The van der Waals surface area contributed by atoms with Crippen molar-refractivity contribution in [3.63, 3.8) is 0 Å². The zero-order chi connectivity index (χ0) is 14.1. The zero-order valence-electron chi connectivity index (χ0n) is 13.5. The first-order valence-corrected chi connectivity index (χ1v) is 7.67. The van der Waals surface area contributed by atoms with Gasteiger partial charge in [-0.3, -0.25) is 0 Å². The summed E-state index contributed by atoms with van der Waals surface area (Å²) in [5.74, 6) is 0. The summed E-state index contributed by atoms with van der Waals surface area (Å²) in [5.41, 5.74) is 0.331. The lowest BCUT2D eigenvalue weighted by molar-refractivity contribution is -0.0622. The van der Waals surface area contributed by atoms with Crippen molar-refractivity contribution >= 4 is 0 Å². The van der Waals surface area contributed by atoms with Gasteiger partial charge in [0.05, 0.1) is 12.2 Å². The van der Waals surface area contributed by atoms with Crippen LogP contribution in [0.15, 0.2) is 0 Å². The maximum Gasteiger partial charge on any atom is 0.0673 e. The second kappa shape index (κ2) is 8.92. The van der Waals surface area contributed by atoms with Crippen molar-refractivity contribution in [2.24, 2.45) is 5.41 Å². The molecule has 0 aliphatic heterocycles. The van der Waals surface area contributed by atoms with Crippen molar-refractivity contribution in [3.8, 4) is 0 Å². The molecule has 18 heavy (non-hydrogen) atoms. The summed E-state index contributed by atoms with van der Waals surface area (Å²) >= 11 is 0. The highest BCUT2D eigenvalue weighted by Crippen LogP contribution is 2.26. The van der Waals surface area contributed by atoms with Gasteiger partial charge in [-0.1, -0.05) is 34.6 Å². The molecule has 2 nitrogen and oxygen atoms in total. The Morgan fingerprint density at radius 1 is 0.833 bits per heavy atom. The standard InChI is InChI=1S/C16H34O2/c1-7-12-18-16(6,10-4)11-13-17-14-15(5,8-2)9-3/h7-14H2,1-6H3. The SMILES string of the molecule is CCCOC(C)(CC)CCOCC(C)(CC)CC. The summed E-state index contributed by atoms with van der Waals surface area (Å²) in [7, 11) is 0. The van der Waals surface area contributed by atoms with E-state index in [-0.39, 0.29) is 5.60 Å². The Bertz CT molecular complexity index is 199. The van der Waals surface area contributed by atoms with Crippen molar-refractivity contribution < 1.29 is 9.47 Å². The van der Waals surface area contributed by atoms with Crippen LogP contribution in [0, 0.1) is 5.41 Å². The van der Waals surface area contributed by atoms with E-state index in [0.717, 1.165) is 39.1 Å². The molecule has 0 saturated carbocycles. The molecule has 0 spiro atoms. The lowest BCUT2D eigenvalue weighted by atomic mass is 9.86. The summed E-state index contributed by atoms with van der Waals surface area (Å²) in [6.07, 6.45) is 5.49. The molecule has 110 valence electrons. The Hall–Kier alpha value is -0.0800. The zero-order valence-corrected chi connectivity index (χ0v) is 13.5. The van der Waals surface area contributed by atoms with E-state index in [1.165, 1.54) is 12.8 Å². The Morgan fingerprint density at radius 3 is 1.89 bits per heavy atom. The van der Waals surface area contributed by atoms with Gasteiger partial charge in [0.15, 0.2) is 0 Å². The average Bonchev–Trinajstić information content (AvgIpc) is 2.41. The first kappa shape index (κ1) is 17.9. The quantitative estimate of drug-likeness (QED) is 0.495. The second-order valence-corrected chi connectivity index (χ2v) is 5.97. The molecule has 0 aliphatic rings. The van der Waals surface area contributed by atoms with Gasteiger partial charge in [0.2, 0.25) is 0 Å². The molecular formula is C16H34O2. The van der Waals surface area contributed by atoms with Crippen LogP contribution >= 0.6 is 0 Å². The van der Waals surface area contributed by atoms with Crippen LogP contribution in [0.2, 0.25) is 0 Å².